The molecule has 0 saturated heterocycles. The van der Waals surface area contributed by atoms with Crippen LogP contribution in [0.25, 0.3) is 0 Å². The van der Waals surface area contributed by atoms with Gasteiger partial charge in [-0.2, -0.15) is 0 Å². The number of benzene rings is 2. The Morgan fingerprint density at radius 1 is 0.880 bits per heavy atom. The zero-order chi connectivity index (χ0) is 18.1. The van der Waals surface area contributed by atoms with Crippen LogP contribution in [0.3, 0.4) is 0 Å². The summed E-state index contributed by atoms with van der Waals surface area (Å²) in [4.78, 5) is 0.710. The van der Waals surface area contributed by atoms with Crippen molar-refractivity contribution in [2.24, 2.45) is 0 Å². The summed E-state index contributed by atoms with van der Waals surface area (Å²) in [5, 5.41) is 2.64. The van der Waals surface area contributed by atoms with Gasteiger partial charge in [0.05, 0.1) is 5.76 Å². The van der Waals surface area contributed by atoms with Crippen LogP contribution in [0, 0.1) is 0 Å². The van der Waals surface area contributed by atoms with Gasteiger partial charge in [0.25, 0.3) is 0 Å². The fourth-order valence-electron chi connectivity index (χ4n) is 3.58. The summed E-state index contributed by atoms with van der Waals surface area (Å²) in [5.41, 5.74) is 0. The molecule has 0 spiro atoms. The maximum Gasteiger partial charge on any atom is 0.319 e. The van der Waals surface area contributed by atoms with Crippen molar-refractivity contribution in [1.82, 2.24) is 0 Å². The lowest BCUT2D eigenvalue weighted by Gasteiger charge is -2.43. The van der Waals surface area contributed by atoms with Crippen molar-refractivity contribution in [3.05, 3.63) is 72.5 Å². The van der Waals surface area contributed by atoms with Crippen molar-refractivity contribution in [1.29, 1.82) is 0 Å². The Balaban J connectivity index is 2.18. The van der Waals surface area contributed by atoms with E-state index in [1.54, 1.807) is 0 Å². The first-order valence-corrected chi connectivity index (χ1v) is 12.4. The molecule has 0 amide bonds. The number of rotatable bonds is 4. The van der Waals surface area contributed by atoms with Crippen molar-refractivity contribution < 1.29 is 4.43 Å². The van der Waals surface area contributed by atoms with Gasteiger partial charge in [0.1, 0.15) is 0 Å². The molecule has 0 fully saturated rings. The molecule has 0 bridgehead atoms. The SMILES string of the molecule is CC(C)(C)[Si](OC1=CC(Br)C(Br)C1)(c1ccccc1)c1ccccc1. The lowest BCUT2D eigenvalue weighted by Crippen LogP contribution is -2.66. The molecule has 132 valence electrons. The maximum atomic E-state index is 7.02. The molecule has 0 radical (unpaired) electrons. The summed E-state index contributed by atoms with van der Waals surface area (Å²) in [6, 6.07) is 21.6. The highest BCUT2D eigenvalue weighted by Crippen LogP contribution is 2.41. The van der Waals surface area contributed by atoms with Crippen molar-refractivity contribution in [2.45, 2.75) is 41.9 Å². The van der Waals surface area contributed by atoms with Crippen LogP contribution >= 0.6 is 31.9 Å². The Bertz CT molecular complexity index is 698. The summed E-state index contributed by atoms with van der Waals surface area (Å²) < 4.78 is 7.02. The Labute approximate surface area is 168 Å². The van der Waals surface area contributed by atoms with Crippen molar-refractivity contribution in [3.63, 3.8) is 0 Å². The average Bonchev–Trinajstić information content (AvgIpc) is 2.91. The molecule has 3 rings (SSSR count). The van der Waals surface area contributed by atoms with Gasteiger partial charge in [0.15, 0.2) is 0 Å². The molecule has 2 unspecified atom stereocenters. The Kier molecular flexibility index (Phi) is 5.62. The molecule has 1 nitrogen and oxygen atoms in total. The molecule has 0 N–H and O–H groups in total. The maximum absolute atomic E-state index is 7.02. The van der Waals surface area contributed by atoms with Gasteiger partial charge in [-0.3, -0.25) is 0 Å². The summed E-state index contributed by atoms with van der Waals surface area (Å²) in [5.74, 6) is 1.10. The second-order valence-corrected chi connectivity index (χ2v) is 14.0. The molecular weight excluding hydrogens is 456 g/mol. The van der Waals surface area contributed by atoms with Crippen LogP contribution in [0.1, 0.15) is 27.2 Å². The minimum atomic E-state index is -2.48. The van der Waals surface area contributed by atoms with Crippen molar-refractivity contribution in [3.8, 4) is 0 Å². The number of allylic oxidation sites excluding steroid dienone is 2. The lowest BCUT2D eigenvalue weighted by molar-refractivity contribution is 0.386. The fraction of sp³-hybridized carbons (Fsp3) is 0.333. The predicted octanol–water partition coefficient (Wildman–Crippen LogP) is 5.38. The second kappa shape index (κ2) is 7.41. The molecule has 25 heavy (non-hydrogen) atoms. The topological polar surface area (TPSA) is 9.23 Å². The van der Waals surface area contributed by atoms with E-state index in [1.165, 1.54) is 10.4 Å². The number of halogens is 2. The zero-order valence-corrected chi connectivity index (χ0v) is 19.0. The van der Waals surface area contributed by atoms with Crippen LogP contribution in [0.4, 0.5) is 0 Å². The summed E-state index contributed by atoms with van der Waals surface area (Å²) >= 11 is 7.48. The standard InChI is InChI=1S/C21H24Br2OSi/c1-21(2,3)25(17-10-6-4-7-11-17,18-12-8-5-9-13-18)24-16-14-19(22)20(23)15-16/h4-14,19-20H,15H2,1-3H3. The Morgan fingerprint density at radius 2 is 1.36 bits per heavy atom. The smallest absolute Gasteiger partial charge is 0.319 e. The van der Waals surface area contributed by atoms with E-state index in [0.29, 0.717) is 9.65 Å². The van der Waals surface area contributed by atoms with Gasteiger partial charge in [-0.05, 0) is 21.5 Å². The zero-order valence-electron chi connectivity index (χ0n) is 14.9. The average molecular weight is 480 g/mol. The summed E-state index contributed by atoms with van der Waals surface area (Å²) in [6.45, 7) is 6.93. The van der Waals surface area contributed by atoms with Crippen LogP contribution in [0.15, 0.2) is 72.5 Å². The first-order valence-electron chi connectivity index (χ1n) is 8.63. The van der Waals surface area contributed by atoms with E-state index in [1.807, 2.05) is 0 Å². The Hall–Kier alpha value is -0.843. The molecule has 1 aliphatic rings. The third-order valence-corrected chi connectivity index (χ3v) is 12.3. The minimum absolute atomic E-state index is 0.00273. The van der Waals surface area contributed by atoms with Crippen LogP contribution < -0.4 is 10.4 Å². The van der Waals surface area contributed by atoms with Gasteiger partial charge in [-0.1, -0.05) is 113 Å². The van der Waals surface area contributed by atoms with E-state index in [2.05, 4.69) is 119 Å². The molecular formula is C21H24Br2OSi. The molecule has 0 heterocycles. The van der Waals surface area contributed by atoms with Crippen LogP contribution in [-0.2, 0) is 4.43 Å². The van der Waals surface area contributed by atoms with Gasteiger partial charge in [-0.15, -0.1) is 0 Å². The highest BCUT2D eigenvalue weighted by atomic mass is 79.9. The number of alkyl halides is 2. The molecule has 2 aromatic rings. The van der Waals surface area contributed by atoms with Crippen molar-refractivity contribution >= 4 is 50.6 Å². The Morgan fingerprint density at radius 3 is 1.72 bits per heavy atom. The van der Waals surface area contributed by atoms with Gasteiger partial charge < -0.3 is 4.43 Å². The first-order chi connectivity index (χ1) is 11.8. The minimum Gasteiger partial charge on any atom is -0.537 e. The second-order valence-electron chi connectivity index (χ2n) is 7.56. The molecule has 2 atom stereocenters. The van der Waals surface area contributed by atoms with E-state index in [4.69, 9.17) is 4.43 Å². The lowest BCUT2D eigenvalue weighted by atomic mass is 10.2. The van der Waals surface area contributed by atoms with Crippen LogP contribution in [0.5, 0.6) is 0 Å². The molecule has 0 saturated carbocycles. The van der Waals surface area contributed by atoms with Gasteiger partial charge in [-0.25, -0.2) is 0 Å². The van der Waals surface area contributed by atoms with Crippen LogP contribution in [0.2, 0.25) is 5.04 Å². The van der Waals surface area contributed by atoms with E-state index >= 15 is 0 Å². The van der Waals surface area contributed by atoms with Gasteiger partial charge in [0.2, 0.25) is 0 Å². The summed E-state index contributed by atoms with van der Waals surface area (Å²) in [6.07, 6.45) is 3.14. The van der Waals surface area contributed by atoms with E-state index in [-0.39, 0.29) is 5.04 Å². The van der Waals surface area contributed by atoms with Crippen molar-refractivity contribution in [2.75, 3.05) is 0 Å². The van der Waals surface area contributed by atoms with Gasteiger partial charge in [0, 0.05) is 16.1 Å². The molecule has 0 aliphatic heterocycles. The normalized spacial score (nSPS) is 21.1. The van der Waals surface area contributed by atoms with Crippen LogP contribution in [-0.4, -0.2) is 18.0 Å². The number of hydrogen-bond acceptors (Lipinski definition) is 1. The molecule has 4 heteroatoms. The highest BCUT2D eigenvalue weighted by Gasteiger charge is 2.52. The highest BCUT2D eigenvalue weighted by molar-refractivity contribution is 9.12. The predicted molar refractivity (Wildman–Crippen MR) is 117 cm³/mol. The third-order valence-electron chi connectivity index (χ3n) is 4.79. The number of hydrogen-bond donors (Lipinski definition) is 0. The largest absolute Gasteiger partial charge is 0.537 e. The summed E-state index contributed by atoms with van der Waals surface area (Å²) in [7, 11) is -2.48. The quantitative estimate of drug-likeness (QED) is 0.422. The van der Waals surface area contributed by atoms with E-state index < -0.39 is 8.32 Å². The molecule has 1 aliphatic carbocycles. The molecule has 2 aromatic carbocycles. The van der Waals surface area contributed by atoms with Gasteiger partial charge >= 0.3 is 8.32 Å². The third kappa shape index (κ3) is 3.67. The fourth-order valence-corrected chi connectivity index (χ4v) is 9.01. The monoisotopic (exact) mass is 478 g/mol. The molecule has 0 aromatic heterocycles. The first kappa shape index (κ1) is 18.9. The van der Waals surface area contributed by atoms with E-state index in [9.17, 15) is 0 Å². The van der Waals surface area contributed by atoms with E-state index in [0.717, 1.165) is 12.2 Å².